The molecule has 0 fully saturated rings. The van der Waals surface area contributed by atoms with Crippen molar-refractivity contribution in [1.82, 2.24) is 4.98 Å². The number of benzene rings is 3. The van der Waals surface area contributed by atoms with Gasteiger partial charge in [-0.2, -0.15) is 0 Å². The molecule has 138 valence electrons. The lowest BCUT2D eigenvalue weighted by atomic mass is 9.90. The molecule has 2 heterocycles. The predicted octanol–water partition coefficient (Wildman–Crippen LogP) is 6.67. The Kier molecular flexibility index (Phi) is 4.32. The van der Waals surface area contributed by atoms with Crippen LogP contribution in [0.3, 0.4) is 0 Å². The summed E-state index contributed by atoms with van der Waals surface area (Å²) in [7, 11) is 0. The molecule has 0 saturated heterocycles. The van der Waals surface area contributed by atoms with E-state index in [9.17, 15) is 0 Å². The van der Waals surface area contributed by atoms with E-state index in [0.717, 1.165) is 42.0 Å². The molecule has 2 nitrogen and oxygen atoms in total. The molecule has 4 aromatic rings. The quantitative estimate of drug-likeness (QED) is 0.403. The Labute approximate surface area is 165 Å². The Hall–Kier alpha value is -3.13. The number of hydrogen-bond acceptors (Lipinski definition) is 2. The average molecular weight is 365 g/mol. The molecule has 0 bridgehead atoms. The summed E-state index contributed by atoms with van der Waals surface area (Å²) in [5.74, 6) is 0.974. The van der Waals surface area contributed by atoms with Crippen LogP contribution in [0.25, 0.3) is 33.2 Å². The second-order valence-electron chi connectivity index (χ2n) is 7.43. The first-order valence-corrected chi connectivity index (χ1v) is 10.1. The number of ether oxygens (including phenoxy) is 1. The van der Waals surface area contributed by atoms with E-state index in [1.165, 1.54) is 21.9 Å². The van der Waals surface area contributed by atoms with Crippen molar-refractivity contribution in [3.8, 4) is 28.1 Å². The summed E-state index contributed by atoms with van der Waals surface area (Å²) in [6, 6.07) is 27.5. The maximum absolute atomic E-state index is 6.34. The van der Waals surface area contributed by atoms with Crippen LogP contribution < -0.4 is 4.74 Å². The van der Waals surface area contributed by atoms with E-state index >= 15 is 0 Å². The number of hydrogen-bond donors (Lipinski definition) is 0. The molecular weight excluding hydrogens is 342 g/mol. The fraction of sp³-hybridized carbons (Fsp3) is 0.192. The molecule has 0 N–H and O–H groups in total. The van der Waals surface area contributed by atoms with Gasteiger partial charge in [0.05, 0.1) is 11.4 Å². The Bertz CT molecular complexity index is 1120. The fourth-order valence-corrected chi connectivity index (χ4v) is 4.28. The maximum Gasteiger partial charge on any atom is 0.129 e. The van der Waals surface area contributed by atoms with Crippen molar-refractivity contribution in [2.24, 2.45) is 0 Å². The number of nitrogens with zero attached hydrogens (tertiary/aromatic N) is 1. The molecular formula is C26H23NO. The van der Waals surface area contributed by atoms with E-state index in [2.05, 4.69) is 85.8 Å². The highest BCUT2D eigenvalue weighted by Crippen LogP contribution is 2.43. The summed E-state index contributed by atoms with van der Waals surface area (Å²) in [6.45, 7) is 2.21. The van der Waals surface area contributed by atoms with E-state index in [-0.39, 0.29) is 6.10 Å². The van der Waals surface area contributed by atoms with E-state index in [1.807, 2.05) is 0 Å². The van der Waals surface area contributed by atoms with Gasteiger partial charge in [0, 0.05) is 22.9 Å². The summed E-state index contributed by atoms with van der Waals surface area (Å²) in [4.78, 5) is 5.23. The summed E-state index contributed by atoms with van der Waals surface area (Å²) in [5.41, 5.74) is 5.75. The average Bonchev–Trinajstić information content (AvgIpc) is 2.75. The Morgan fingerprint density at radius 3 is 2.29 bits per heavy atom. The second-order valence-corrected chi connectivity index (χ2v) is 7.43. The van der Waals surface area contributed by atoms with Crippen LogP contribution in [0.1, 0.15) is 25.5 Å². The van der Waals surface area contributed by atoms with Gasteiger partial charge in [0.1, 0.15) is 11.9 Å². The third-order valence-electron chi connectivity index (χ3n) is 5.50. The zero-order chi connectivity index (χ0) is 18.9. The van der Waals surface area contributed by atoms with Gasteiger partial charge in [-0.05, 0) is 23.4 Å². The van der Waals surface area contributed by atoms with Crippen molar-refractivity contribution in [3.05, 3.63) is 84.6 Å². The topological polar surface area (TPSA) is 22.1 Å². The molecule has 1 atom stereocenters. The highest BCUT2D eigenvalue weighted by Gasteiger charge is 2.26. The first-order valence-electron chi connectivity index (χ1n) is 10.1. The smallest absolute Gasteiger partial charge is 0.129 e. The van der Waals surface area contributed by atoms with Crippen molar-refractivity contribution in [2.75, 3.05) is 0 Å². The molecule has 2 heteroatoms. The fourth-order valence-electron chi connectivity index (χ4n) is 4.28. The van der Waals surface area contributed by atoms with E-state index in [1.54, 1.807) is 0 Å². The van der Waals surface area contributed by atoms with Crippen LogP contribution >= 0.6 is 0 Å². The van der Waals surface area contributed by atoms with Crippen LogP contribution in [0.15, 0.2) is 78.9 Å². The van der Waals surface area contributed by atoms with Gasteiger partial charge in [-0.3, -0.25) is 4.98 Å². The molecule has 1 aromatic heterocycles. The Balaban J connectivity index is 1.83. The Morgan fingerprint density at radius 1 is 0.857 bits per heavy atom. The molecule has 1 unspecified atom stereocenters. The molecule has 0 radical (unpaired) electrons. The molecule has 0 saturated carbocycles. The molecule has 0 aliphatic carbocycles. The van der Waals surface area contributed by atoms with Gasteiger partial charge in [0.2, 0.25) is 0 Å². The summed E-state index contributed by atoms with van der Waals surface area (Å²) in [5, 5.41) is 2.40. The summed E-state index contributed by atoms with van der Waals surface area (Å²) in [6.07, 6.45) is 3.25. The minimum Gasteiger partial charge on any atom is -0.489 e. The van der Waals surface area contributed by atoms with Crippen molar-refractivity contribution in [2.45, 2.75) is 32.3 Å². The van der Waals surface area contributed by atoms with Crippen molar-refractivity contribution < 1.29 is 4.74 Å². The molecule has 0 spiro atoms. The normalized spacial score (nSPS) is 15.4. The maximum atomic E-state index is 6.34. The number of pyridine rings is 1. The zero-order valence-electron chi connectivity index (χ0n) is 16.1. The molecule has 1 aliphatic rings. The van der Waals surface area contributed by atoms with Crippen molar-refractivity contribution in [1.29, 1.82) is 0 Å². The van der Waals surface area contributed by atoms with Gasteiger partial charge in [-0.15, -0.1) is 0 Å². The Morgan fingerprint density at radius 2 is 1.57 bits per heavy atom. The second kappa shape index (κ2) is 7.12. The first-order chi connectivity index (χ1) is 13.8. The van der Waals surface area contributed by atoms with Crippen LogP contribution in [0.2, 0.25) is 0 Å². The van der Waals surface area contributed by atoms with Gasteiger partial charge in [-0.25, -0.2) is 0 Å². The van der Waals surface area contributed by atoms with Gasteiger partial charge >= 0.3 is 0 Å². The van der Waals surface area contributed by atoms with E-state index < -0.39 is 0 Å². The minimum absolute atomic E-state index is 0.210. The van der Waals surface area contributed by atoms with Crippen molar-refractivity contribution in [3.63, 3.8) is 0 Å². The monoisotopic (exact) mass is 365 g/mol. The highest BCUT2D eigenvalue weighted by molar-refractivity contribution is 6.06. The molecule has 0 amide bonds. The molecule has 1 aliphatic heterocycles. The van der Waals surface area contributed by atoms with Gasteiger partial charge in [0.15, 0.2) is 0 Å². The molecule has 5 rings (SSSR count). The zero-order valence-corrected chi connectivity index (χ0v) is 16.1. The van der Waals surface area contributed by atoms with Gasteiger partial charge in [0.25, 0.3) is 0 Å². The van der Waals surface area contributed by atoms with Crippen LogP contribution in [-0.2, 0) is 6.42 Å². The number of rotatable bonds is 4. The minimum atomic E-state index is 0.210. The highest BCUT2D eigenvalue weighted by atomic mass is 16.5. The standard InChI is InChI=1S/C26H23NO/c1-2-10-20-17-22-25-21(15-9-16-23(25)28-20)24(18-11-5-3-6-12-18)26(27-22)19-13-7-4-8-14-19/h3-9,11-16,20H,2,10,17H2,1H3. The summed E-state index contributed by atoms with van der Waals surface area (Å²) >= 11 is 0. The SMILES string of the molecule is CCCC1Cc2nc(-c3ccccc3)c(-c3ccccc3)c3cccc(c23)O1. The third kappa shape index (κ3) is 2.86. The first kappa shape index (κ1) is 17.0. The molecule has 3 aromatic carbocycles. The lowest BCUT2D eigenvalue weighted by molar-refractivity contribution is 0.185. The van der Waals surface area contributed by atoms with Crippen LogP contribution in [0.4, 0.5) is 0 Å². The predicted molar refractivity (Wildman–Crippen MR) is 116 cm³/mol. The molecule has 28 heavy (non-hydrogen) atoms. The lowest BCUT2D eigenvalue weighted by Crippen LogP contribution is -2.24. The number of aromatic nitrogens is 1. The van der Waals surface area contributed by atoms with Gasteiger partial charge in [-0.1, -0.05) is 86.1 Å². The lowest BCUT2D eigenvalue weighted by Gasteiger charge is -2.27. The van der Waals surface area contributed by atoms with E-state index in [4.69, 9.17) is 9.72 Å². The van der Waals surface area contributed by atoms with Crippen LogP contribution in [0, 0.1) is 0 Å². The van der Waals surface area contributed by atoms with E-state index in [0.29, 0.717) is 0 Å². The third-order valence-corrected chi connectivity index (χ3v) is 5.50. The van der Waals surface area contributed by atoms with Crippen LogP contribution in [0.5, 0.6) is 5.75 Å². The van der Waals surface area contributed by atoms with Gasteiger partial charge < -0.3 is 4.74 Å². The van der Waals surface area contributed by atoms with Crippen molar-refractivity contribution >= 4 is 10.8 Å². The largest absolute Gasteiger partial charge is 0.489 e. The summed E-state index contributed by atoms with van der Waals surface area (Å²) < 4.78 is 6.34. The van der Waals surface area contributed by atoms with Crippen LogP contribution in [-0.4, -0.2) is 11.1 Å².